The second kappa shape index (κ2) is 12.6. The molecular weight excluding hydrogens is 470 g/mol. The van der Waals surface area contributed by atoms with Gasteiger partial charge in [-0.05, 0) is 82.9 Å². The van der Waals surface area contributed by atoms with Crippen molar-refractivity contribution < 1.29 is 23.9 Å². The number of carbonyl (C=O) groups is 3. The van der Waals surface area contributed by atoms with E-state index in [-0.39, 0.29) is 24.3 Å². The number of alkyl carbamates (subject to hydrolysis) is 1. The number of hydrogen-bond donors (Lipinski definition) is 2. The predicted octanol–water partition coefficient (Wildman–Crippen LogP) is 5.39. The second-order valence-corrected chi connectivity index (χ2v) is 10.5. The molecule has 0 aliphatic heterocycles. The summed E-state index contributed by atoms with van der Waals surface area (Å²) < 4.78 is 10.6. The molecule has 2 unspecified atom stereocenters. The molecule has 0 spiro atoms. The molecule has 0 aromatic heterocycles. The highest BCUT2D eigenvalue weighted by Crippen LogP contribution is 2.29. The first-order valence-corrected chi connectivity index (χ1v) is 12.6. The normalized spacial score (nSPS) is 12.9. The van der Waals surface area contributed by atoms with Crippen LogP contribution in [0, 0.1) is 19.8 Å². The van der Waals surface area contributed by atoms with Crippen LogP contribution in [0.25, 0.3) is 0 Å². The van der Waals surface area contributed by atoms with E-state index in [1.807, 2.05) is 52.8 Å². The van der Waals surface area contributed by atoms with E-state index in [4.69, 9.17) is 9.47 Å². The van der Waals surface area contributed by atoms with Gasteiger partial charge >= 0.3 is 6.09 Å². The third-order valence-electron chi connectivity index (χ3n) is 5.88. The molecule has 0 heterocycles. The van der Waals surface area contributed by atoms with Crippen LogP contribution in [0.1, 0.15) is 64.3 Å². The van der Waals surface area contributed by atoms with Crippen LogP contribution >= 0.6 is 0 Å². The van der Waals surface area contributed by atoms with E-state index >= 15 is 0 Å². The van der Waals surface area contributed by atoms with Crippen molar-refractivity contribution in [3.63, 3.8) is 0 Å². The van der Waals surface area contributed by atoms with Crippen molar-refractivity contribution in [3.8, 4) is 5.75 Å². The molecule has 37 heavy (non-hydrogen) atoms. The van der Waals surface area contributed by atoms with Crippen LogP contribution in [0.5, 0.6) is 5.75 Å². The molecule has 202 valence electrons. The average molecular weight is 512 g/mol. The minimum absolute atomic E-state index is 0.238. The van der Waals surface area contributed by atoms with Crippen LogP contribution < -0.4 is 15.4 Å². The molecule has 8 heteroatoms. The van der Waals surface area contributed by atoms with Crippen LogP contribution in [0.15, 0.2) is 42.5 Å². The number of nitrogens with zero attached hydrogens (tertiary/aromatic N) is 1. The first-order chi connectivity index (χ1) is 17.3. The van der Waals surface area contributed by atoms with Gasteiger partial charge in [-0.15, -0.1) is 0 Å². The summed E-state index contributed by atoms with van der Waals surface area (Å²) in [7, 11) is 1.57. The quantitative estimate of drug-likeness (QED) is 0.471. The number of likely N-dealkylation sites (N-methyl/N-ethyl adjacent to an activating group) is 1. The summed E-state index contributed by atoms with van der Waals surface area (Å²) in [6.45, 7) is 14.9. The van der Waals surface area contributed by atoms with Gasteiger partial charge < -0.3 is 25.0 Å². The summed E-state index contributed by atoms with van der Waals surface area (Å²) in [6, 6.07) is 11.0. The fourth-order valence-electron chi connectivity index (χ4n) is 3.98. The number of ether oxygens (including phenoxy) is 2. The Morgan fingerprint density at radius 3 is 2.14 bits per heavy atom. The van der Waals surface area contributed by atoms with Gasteiger partial charge in [-0.1, -0.05) is 37.6 Å². The highest BCUT2D eigenvalue weighted by Gasteiger charge is 2.37. The van der Waals surface area contributed by atoms with E-state index in [0.29, 0.717) is 11.4 Å². The highest BCUT2D eigenvalue weighted by molar-refractivity contribution is 5.99. The Morgan fingerprint density at radius 2 is 1.62 bits per heavy atom. The Hall–Kier alpha value is -3.55. The Labute approximate surface area is 220 Å². The van der Waals surface area contributed by atoms with Crippen molar-refractivity contribution >= 4 is 23.6 Å². The molecule has 0 radical (unpaired) electrons. The lowest BCUT2D eigenvalue weighted by Gasteiger charge is -2.35. The van der Waals surface area contributed by atoms with Crippen LogP contribution in [0.2, 0.25) is 0 Å². The maximum absolute atomic E-state index is 13.9. The molecule has 0 fully saturated rings. The minimum atomic E-state index is -0.916. The van der Waals surface area contributed by atoms with E-state index in [0.717, 1.165) is 16.7 Å². The van der Waals surface area contributed by atoms with Crippen molar-refractivity contribution in [1.82, 2.24) is 10.2 Å². The van der Waals surface area contributed by atoms with Crippen molar-refractivity contribution in [3.05, 3.63) is 59.2 Å². The number of anilines is 1. The lowest BCUT2D eigenvalue weighted by atomic mass is 9.95. The molecule has 3 amide bonds. The number of rotatable bonds is 9. The van der Waals surface area contributed by atoms with Crippen LogP contribution in [-0.4, -0.2) is 48.1 Å². The van der Waals surface area contributed by atoms with Gasteiger partial charge in [0.2, 0.25) is 5.91 Å². The molecule has 0 saturated heterocycles. The van der Waals surface area contributed by atoms with Gasteiger partial charge in [0.05, 0.1) is 7.11 Å². The highest BCUT2D eigenvalue weighted by atomic mass is 16.6. The minimum Gasteiger partial charge on any atom is -0.497 e. The number of amides is 3. The molecule has 0 aliphatic carbocycles. The number of nitrogens with one attached hydrogen (secondary N) is 2. The molecule has 8 nitrogen and oxygen atoms in total. The molecule has 2 atom stereocenters. The molecule has 0 aliphatic rings. The molecule has 0 bridgehead atoms. The van der Waals surface area contributed by atoms with Gasteiger partial charge in [0.15, 0.2) is 0 Å². The second-order valence-electron chi connectivity index (χ2n) is 10.5. The topological polar surface area (TPSA) is 97.0 Å². The molecule has 2 aromatic carbocycles. The van der Waals surface area contributed by atoms with Crippen LogP contribution in [-0.2, 0) is 14.3 Å². The Kier molecular flexibility index (Phi) is 10.1. The van der Waals surface area contributed by atoms with Crippen molar-refractivity contribution in [2.24, 2.45) is 5.92 Å². The maximum Gasteiger partial charge on any atom is 0.408 e. The molecule has 2 rings (SSSR count). The summed E-state index contributed by atoms with van der Waals surface area (Å²) in [6.07, 6.45) is -0.679. The SMILES string of the molecule is CCN(C(=O)C(NC(=O)OC(C)(C)C)C(C)C)C(C(=O)Nc1ccc(OC)cc1)c1cc(C)ccc1C. The van der Waals surface area contributed by atoms with E-state index in [1.165, 1.54) is 4.90 Å². The number of hydrogen-bond acceptors (Lipinski definition) is 5. The Morgan fingerprint density at radius 1 is 1.00 bits per heavy atom. The standard InChI is InChI=1S/C29H41N3O5/c1-10-32(27(34)24(18(2)3)31-28(35)37-29(6,7)8)25(23-17-19(4)11-12-20(23)5)26(33)30-21-13-15-22(36-9)16-14-21/h11-18,24-25H,10H2,1-9H3,(H,30,33)(H,31,35). The molecule has 0 saturated carbocycles. The first kappa shape index (κ1) is 29.7. The number of methoxy groups -OCH3 is 1. The van der Waals surface area contributed by atoms with Crippen molar-refractivity contribution in [2.45, 2.75) is 73.1 Å². The number of aryl methyl sites for hydroxylation is 2. The fourth-order valence-corrected chi connectivity index (χ4v) is 3.98. The smallest absolute Gasteiger partial charge is 0.408 e. The van der Waals surface area contributed by atoms with Gasteiger partial charge in [-0.2, -0.15) is 0 Å². The lowest BCUT2D eigenvalue weighted by molar-refractivity contribution is -0.141. The molecular formula is C29H41N3O5. The van der Waals surface area contributed by atoms with Crippen molar-refractivity contribution in [2.75, 3.05) is 19.0 Å². The van der Waals surface area contributed by atoms with Crippen LogP contribution in [0.3, 0.4) is 0 Å². The largest absolute Gasteiger partial charge is 0.497 e. The Bertz CT molecular complexity index is 1090. The zero-order chi connectivity index (χ0) is 27.9. The van der Waals surface area contributed by atoms with Crippen LogP contribution in [0.4, 0.5) is 10.5 Å². The monoisotopic (exact) mass is 511 g/mol. The first-order valence-electron chi connectivity index (χ1n) is 12.6. The summed E-state index contributed by atoms with van der Waals surface area (Å²) in [5.41, 5.74) is 2.45. The average Bonchev–Trinajstić information content (AvgIpc) is 2.81. The van der Waals surface area contributed by atoms with E-state index in [1.54, 1.807) is 52.1 Å². The number of carbonyl (C=O) groups excluding carboxylic acids is 3. The summed E-state index contributed by atoms with van der Waals surface area (Å²) >= 11 is 0. The third-order valence-corrected chi connectivity index (χ3v) is 5.88. The van der Waals surface area contributed by atoms with E-state index < -0.39 is 23.8 Å². The summed E-state index contributed by atoms with van der Waals surface area (Å²) in [5, 5.41) is 5.67. The Balaban J connectivity index is 2.48. The summed E-state index contributed by atoms with van der Waals surface area (Å²) in [4.78, 5) is 41.8. The zero-order valence-corrected chi connectivity index (χ0v) is 23.5. The predicted molar refractivity (Wildman–Crippen MR) is 146 cm³/mol. The summed E-state index contributed by atoms with van der Waals surface area (Å²) in [5.74, 6) is -0.284. The van der Waals surface area contributed by atoms with E-state index in [9.17, 15) is 14.4 Å². The van der Waals surface area contributed by atoms with E-state index in [2.05, 4.69) is 10.6 Å². The van der Waals surface area contributed by atoms with Gasteiger partial charge in [0, 0.05) is 12.2 Å². The molecule has 2 N–H and O–H groups in total. The van der Waals surface area contributed by atoms with Gasteiger partial charge in [0.1, 0.15) is 23.4 Å². The van der Waals surface area contributed by atoms with Gasteiger partial charge in [-0.3, -0.25) is 9.59 Å². The van der Waals surface area contributed by atoms with Crippen molar-refractivity contribution in [1.29, 1.82) is 0 Å². The van der Waals surface area contributed by atoms with Gasteiger partial charge in [0.25, 0.3) is 5.91 Å². The zero-order valence-electron chi connectivity index (χ0n) is 23.5. The number of benzene rings is 2. The fraction of sp³-hybridized carbons (Fsp3) is 0.483. The van der Waals surface area contributed by atoms with Gasteiger partial charge in [-0.25, -0.2) is 4.79 Å². The third kappa shape index (κ3) is 8.23. The lowest BCUT2D eigenvalue weighted by Crippen LogP contribution is -2.54. The molecule has 2 aromatic rings. The maximum atomic E-state index is 13.9.